The molecule has 0 spiro atoms. The van der Waals surface area contributed by atoms with Crippen LogP contribution in [0.25, 0.3) is 5.76 Å². The van der Waals surface area contributed by atoms with Crippen LogP contribution in [-0.4, -0.2) is 38.7 Å². The predicted molar refractivity (Wildman–Crippen MR) is 90.2 cm³/mol. The molecular weight excluding hydrogens is 316 g/mol. The summed E-state index contributed by atoms with van der Waals surface area (Å²) < 4.78 is 0. The van der Waals surface area contributed by atoms with E-state index in [1.807, 2.05) is 30.3 Å². The molecule has 0 amide bonds. The summed E-state index contributed by atoms with van der Waals surface area (Å²) in [6.45, 7) is 13.7. The molecule has 22 heavy (non-hydrogen) atoms. The molecule has 0 aliphatic heterocycles. The van der Waals surface area contributed by atoms with Crippen molar-refractivity contribution in [3.8, 4) is 0 Å². The first-order valence-electron chi connectivity index (χ1n) is 6.98. The maximum Gasteiger partial charge on any atom is 0.115 e. The van der Waals surface area contributed by atoms with Gasteiger partial charge in [0.1, 0.15) is 5.76 Å². The fourth-order valence-electron chi connectivity index (χ4n) is 0.631. The Kier molecular flexibility index (Phi) is 27.2. The molecule has 0 bridgehead atoms. The fourth-order valence-corrected chi connectivity index (χ4v) is 0.631. The molecule has 4 N–H and O–H groups in total. The minimum atomic E-state index is -0.167. The van der Waals surface area contributed by atoms with Gasteiger partial charge in [-0.3, -0.25) is 0 Å². The molecule has 1 aromatic rings. The topological polar surface area (TPSA) is 80.9 Å². The van der Waals surface area contributed by atoms with E-state index >= 15 is 0 Å². The van der Waals surface area contributed by atoms with Crippen LogP contribution in [0.15, 0.2) is 36.9 Å². The van der Waals surface area contributed by atoms with Gasteiger partial charge in [-0.2, -0.15) is 0 Å². The standard InChI is InChI=1S/C8H8O.3C3H8O.Ti/c1-7(9)8-5-3-2-4-6-8;3*1-3(2)4;/h2-6,9H,1H2;3*3-4H,1-2H3;. The third-order valence-electron chi connectivity index (χ3n) is 1.11. The minimum absolute atomic E-state index is 0. The first-order valence-corrected chi connectivity index (χ1v) is 6.98. The van der Waals surface area contributed by atoms with Gasteiger partial charge in [0.25, 0.3) is 0 Å². The van der Waals surface area contributed by atoms with Crippen molar-refractivity contribution in [3.05, 3.63) is 42.5 Å². The molecule has 0 radical (unpaired) electrons. The second-order valence-corrected chi connectivity index (χ2v) is 5.09. The van der Waals surface area contributed by atoms with Crippen LogP contribution >= 0.6 is 0 Å². The molecule has 1 aromatic carbocycles. The second-order valence-electron chi connectivity index (χ2n) is 5.09. The summed E-state index contributed by atoms with van der Waals surface area (Å²) in [5.74, 6) is 0.121. The number of aliphatic hydroxyl groups is 4. The van der Waals surface area contributed by atoms with E-state index in [9.17, 15) is 0 Å². The number of aliphatic hydroxyl groups excluding tert-OH is 4. The summed E-state index contributed by atoms with van der Waals surface area (Å²) in [4.78, 5) is 0. The zero-order chi connectivity index (χ0) is 17.4. The molecule has 0 aliphatic rings. The van der Waals surface area contributed by atoms with Gasteiger partial charge in [-0.05, 0) is 41.5 Å². The van der Waals surface area contributed by atoms with Crippen molar-refractivity contribution in [2.24, 2.45) is 0 Å². The van der Waals surface area contributed by atoms with Crippen LogP contribution in [0.1, 0.15) is 47.1 Å². The van der Waals surface area contributed by atoms with E-state index in [2.05, 4.69) is 6.58 Å². The molecule has 5 heteroatoms. The Labute approximate surface area is 150 Å². The van der Waals surface area contributed by atoms with E-state index in [4.69, 9.17) is 20.4 Å². The third kappa shape index (κ3) is 50.6. The fraction of sp³-hybridized carbons (Fsp3) is 0.529. The third-order valence-corrected chi connectivity index (χ3v) is 1.11. The Morgan fingerprint density at radius 2 is 1.00 bits per heavy atom. The molecular formula is C17H32O4Ti. The average molecular weight is 348 g/mol. The van der Waals surface area contributed by atoms with Gasteiger partial charge < -0.3 is 20.4 Å². The monoisotopic (exact) mass is 348 g/mol. The molecule has 0 fully saturated rings. The molecule has 0 aliphatic carbocycles. The van der Waals surface area contributed by atoms with Crippen molar-refractivity contribution in [1.82, 2.24) is 0 Å². The van der Waals surface area contributed by atoms with Gasteiger partial charge in [0.05, 0.1) is 0 Å². The summed E-state index contributed by atoms with van der Waals surface area (Å²) in [6.07, 6.45) is -0.500. The Morgan fingerprint density at radius 3 is 1.14 bits per heavy atom. The maximum atomic E-state index is 8.83. The number of rotatable bonds is 1. The van der Waals surface area contributed by atoms with Gasteiger partial charge in [-0.25, -0.2) is 0 Å². The Balaban J connectivity index is -0.000000107. The van der Waals surface area contributed by atoms with E-state index in [-0.39, 0.29) is 45.8 Å². The van der Waals surface area contributed by atoms with Crippen LogP contribution in [0.5, 0.6) is 0 Å². The predicted octanol–water partition coefficient (Wildman–Crippen LogP) is 3.37. The molecule has 1 rings (SSSR count). The van der Waals surface area contributed by atoms with Gasteiger partial charge in [-0.15, -0.1) is 0 Å². The SMILES string of the molecule is C=C(O)c1ccccc1.CC(C)O.CC(C)O.CC(C)O.[Ti]. The van der Waals surface area contributed by atoms with Gasteiger partial charge in [0.15, 0.2) is 0 Å². The van der Waals surface area contributed by atoms with Crippen LogP contribution < -0.4 is 0 Å². The molecule has 0 saturated carbocycles. The molecule has 0 aromatic heterocycles. The Hall–Kier alpha value is -0.646. The molecule has 0 heterocycles. The number of benzene rings is 1. The van der Waals surface area contributed by atoms with Crippen molar-refractivity contribution < 1.29 is 42.1 Å². The summed E-state index contributed by atoms with van der Waals surface area (Å²) in [7, 11) is 0. The normalized spacial score (nSPS) is 8.55. The summed E-state index contributed by atoms with van der Waals surface area (Å²) >= 11 is 0. The molecule has 0 unspecified atom stereocenters. The zero-order valence-electron chi connectivity index (χ0n) is 14.6. The van der Waals surface area contributed by atoms with E-state index in [0.29, 0.717) is 0 Å². The average Bonchev–Trinajstić information content (AvgIpc) is 2.27. The molecule has 0 saturated heterocycles. The minimum Gasteiger partial charge on any atom is -0.508 e. The molecule has 0 atom stereocenters. The van der Waals surface area contributed by atoms with Crippen molar-refractivity contribution >= 4 is 5.76 Å². The van der Waals surface area contributed by atoms with E-state index in [1.165, 1.54) is 0 Å². The van der Waals surface area contributed by atoms with Gasteiger partial charge in [-0.1, -0.05) is 36.9 Å². The zero-order valence-corrected chi connectivity index (χ0v) is 16.2. The quantitative estimate of drug-likeness (QED) is 0.463. The van der Waals surface area contributed by atoms with Crippen molar-refractivity contribution in [1.29, 1.82) is 0 Å². The second kappa shape index (κ2) is 20.4. The number of hydrogen-bond acceptors (Lipinski definition) is 4. The van der Waals surface area contributed by atoms with Crippen molar-refractivity contribution in [3.63, 3.8) is 0 Å². The maximum absolute atomic E-state index is 8.83. The molecule has 4 nitrogen and oxygen atoms in total. The largest absolute Gasteiger partial charge is 0.508 e. The van der Waals surface area contributed by atoms with Gasteiger partial charge >= 0.3 is 0 Å². The summed E-state index contributed by atoms with van der Waals surface area (Å²) in [5.41, 5.74) is 0.775. The smallest absolute Gasteiger partial charge is 0.115 e. The van der Waals surface area contributed by atoms with E-state index < -0.39 is 0 Å². The van der Waals surface area contributed by atoms with Crippen LogP contribution in [0.4, 0.5) is 0 Å². The van der Waals surface area contributed by atoms with Gasteiger partial charge in [0.2, 0.25) is 0 Å². The number of hydrogen-bond donors (Lipinski definition) is 4. The summed E-state index contributed by atoms with van der Waals surface area (Å²) in [6, 6.07) is 9.23. The van der Waals surface area contributed by atoms with Crippen LogP contribution in [0.3, 0.4) is 0 Å². The summed E-state index contributed by atoms with van der Waals surface area (Å²) in [5, 5.41) is 33.0. The van der Waals surface area contributed by atoms with Crippen LogP contribution in [-0.2, 0) is 21.7 Å². The van der Waals surface area contributed by atoms with Gasteiger partial charge in [0, 0.05) is 45.6 Å². The molecule has 128 valence electrons. The Bertz CT molecular complexity index is 302. The van der Waals surface area contributed by atoms with Crippen molar-refractivity contribution in [2.45, 2.75) is 59.9 Å². The van der Waals surface area contributed by atoms with E-state index in [0.717, 1.165) is 5.56 Å². The Morgan fingerprint density at radius 1 is 0.773 bits per heavy atom. The first-order chi connectivity index (χ1) is 9.50. The van der Waals surface area contributed by atoms with E-state index in [1.54, 1.807) is 41.5 Å². The van der Waals surface area contributed by atoms with Crippen LogP contribution in [0.2, 0.25) is 0 Å². The van der Waals surface area contributed by atoms with Crippen molar-refractivity contribution in [2.75, 3.05) is 0 Å². The van der Waals surface area contributed by atoms with Crippen LogP contribution in [0, 0.1) is 0 Å². The first kappa shape index (κ1) is 29.4.